The lowest BCUT2D eigenvalue weighted by atomic mass is 10.1. The molecule has 0 radical (unpaired) electrons. The Morgan fingerprint density at radius 1 is 1.05 bits per heavy atom. The molecule has 3 aliphatic rings. The molecule has 19 heavy (non-hydrogen) atoms. The SMILES string of the molecule is OC1(Cc2cc3c(cc2Cl)OCC2(CC2)CO3)CC1. The molecule has 2 fully saturated rings. The van der Waals surface area contributed by atoms with Crippen molar-refractivity contribution in [2.45, 2.75) is 37.7 Å². The molecule has 0 unspecified atom stereocenters. The summed E-state index contributed by atoms with van der Waals surface area (Å²) in [5, 5.41) is 10.7. The van der Waals surface area contributed by atoms with Crippen molar-refractivity contribution in [3.8, 4) is 11.5 Å². The second kappa shape index (κ2) is 3.80. The molecule has 1 aromatic carbocycles. The van der Waals surface area contributed by atoms with E-state index >= 15 is 0 Å². The van der Waals surface area contributed by atoms with Crippen LogP contribution in [0.5, 0.6) is 11.5 Å². The van der Waals surface area contributed by atoms with Gasteiger partial charge in [-0.05, 0) is 37.3 Å². The highest BCUT2D eigenvalue weighted by atomic mass is 35.5. The number of benzene rings is 1. The lowest BCUT2D eigenvalue weighted by molar-refractivity contribution is 0.151. The van der Waals surface area contributed by atoms with Crippen molar-refractivity contribution in [2.24, 2.45) is 5.41 Å². The summed E-state index contributed by atoms with van der Waals surface area (Å²) in [4.78, 5) is 0. The summed E-state index contributed by atoms with van der Waals surface area (Å²) >= 11 is 6.29. The third-order valence-electron chi connectivity index (χ3n) is 4.48. The zero-order valence-corrected chi connectivity index (χ0v) is 11.5. The van der Waals surface area contributed by atoms with Gasteiger partial charge in [0.05, 0.1) is 18.8 Å². The van der Waals surface area contributed by atoms with Gasteiger partial charge in [-0.3, -0.25) is 0 Å². The van der Waals surface area contributed by atoms with Gasteiger partial charge < -0.3 is 14.6 Å². The monoisotopic (exact) mass is 280 g/mol. The topological polar surface area (TPSA) is 38.7 Å². The Morgan fingerprint density at radius 3 is 2.26 bits per heavy atom. The summed E-state index contributed by atoms with van der Waals surface area (Å²) in [6, 6.07) is 3.77. The highest BCUT2D eigenvalue weighted by Gasteiger charge is 2.46. The molecule has 1 N–H and O–H groups in total. The molecule has 1 aromatic rings. The number of rotatable bonds is 2. The Hall–Kier alpha value is -0.930. The van der Waals surface area contributed by atoms with E-state index in [0.717, 1.165) is 43.1 Å². The average molecular weight is 281 g/mol. The first-order valence-corrected chi connectivity index (χ1v) is 7.26. The molecule has 4 rings (SSSR count). The maximum absolute atomic E-state index is 10.0. The van der Waals surface area contributed by atoms with Crippen LogP contribution < -0.4 is 9.47 Å². The van der Waals surface area contributed by atoms with Crippen LogP contribution in [-0.2, 0) is 6.42 Å². The summed E-state index contributed by atoms with van der Waals surface area (Å²) in [6.45, 7) is 1.45. The van der Waals surface area contributed by atoms with Crippen LogP contribution in [0.15, 0.2) is 12.1 Å². The molecule has 3 nitrogen and oxygen atoms in total. The second-order valence-corrected chi connectivity index (χ2v) is 6.78. The molecule has 1 aliphatic heterocycles. The smallest absolute Gasteiger partial charge is 0.162 e. The minimum absolute atomic E-state index is 0.236. The number of ether oxygens (including phenoxy) is 2. The van der Waals surface area contributed by atoms with E-state index in [9.17, 15) is 5.11 Å². The number of fused-ring (bicyclic) bond motifs is 1. The first-order valence-electron chi connectivity index (χ1n) is 6.88. The van der Waals surface area contributed by atoms with E-state index in [2.05, 4.69) is 0 Å². The van der Waals surface area contributed by atoms with Gasteiger partial charge in [0.2, 0.25) is 0 Å². The standard InChI is InChI=1S/C15H17ClO3/c16-11-6-13-12(5-10(11)7-15(17)3-4-15)18-8-14(1-2-14)9-19-13/h5-6,17H,1-4,7-9H2. The largest absolute Gasteiger partial charge is 0.489 e. The van der Waals surface area contributed by atoms with Crippen LogP contribution in [0.2, 0.25) is 5.02 Å². The number of hydrogen-bond donors (Lipinski definition) is 1. The zero-order chi connectivity index (χ0) is 13.1. The van der Waals surface area contributed by atoms with Crippen LogP contribution in [-0.4, -0.2) is 23.9 Å². The van der Waals surface area contributed by atoms with Gasteiger partial charge >= 0.3 is 0 Å². The van der Waals surface area contributed by atoms with Gasteiger partial charge in [-0.25, -0.2) is 0 Å². The van der Waals surface area contributed by atoms with Gasteiger partial charge in [-0.2, -0.15) is 0 Å². The molecule has 0 atom stereocenters. The Labute approximate surface area is 117 Å². The summed E-state index contributed by atoms with van der Waals surface area (Å²) in [6.07, 6.45) is 4.69. The molecule has 0 saturated heterocycles. The fourth-order valence-corrected chi connectivity index (χ4v) is 2.80. The summed E-state index contributed by atoms with van der Waals surface area (Å²) < 4.78 is 11.7. The van der Waals surface area contributed by atoms with Crippen molar-refractivity contribution in [1.29, 1.82) is 0 Å². The molecule has 0 amide bonds. The third kappa shape index (κ3) is 2.19. The van der Waals surface area contributed by atoms with E-state index in [4.69, 9.17) is 21.1 Å². The van der Waals surface area contributed by atoms with Crippen molar-refractivity contribution in [1.82, 2.24) is 0 Å². The van der Waals surface area contributed by atoms with Gasteiger partial charge in [0, 0.05) is 22.9 Å². The summed E-state index contributed by atoms with van der Waals surface area (Å²) in [5.74, 6) is 1.51. The normalized spacial score (nSPS) is 24.9. The Morgan fingerprint density at radius 2 is 1.68 bits per heavy atom. The van der Waals surface area contributed by atoms with E-state index in [1.807, 2.05) is 12.1 Å². The quantitative estimate of drug-likeness (QED) is 0.905. The van der Waals surface area contributed by atoms with Gasteiger partial charge in [0.25, 0.3) is 0 Å². The van der Waals surface area contributed by atoms with Crippen molar-refractivity contribution in [3.63, 3.8) is 0 Å². The van der Waals surface area contributed by atoms with Crippen LogP contribution in [0.25, 0.3) is 0 Å². The maximum Gasteiger partial charge on any atom is 0.162 e. The third-order valence-corrected chi connectivity index (χ3v) is 4.84. The fraction of sp³-hybridized carbons (Fsp3) is 0.600. The van der Waals surface area contributed by atoms with Crippen LogP contribution in [0.1, 0.15) is 31.2 Å². The van der Waals surface area contributed by atoms with Gasteiger partial charge in [-0.1, -0.05) is 11.6 Å². The molecule has 1 spiro atoms. The molecule has 102 valence electrons. The van der Waals surface area contributed by atoms with Crippen LogP contribution in [0.4, 0.5) is 0 Å². The van der Waals surface area contributed by atoms with E-state index in [0.29, 0.717) is 11.4 Å². The minimum Gasteiger partial charge on any atom is -0.489 e. The molecule has 1 heterocycles. The van der Waals surface area contributed by atoms with E-state index < -0.39 is 5.60 Å². The van der Waals surface area contributed by atoms with Crippen LogP contribution >= 0.6 is 11.6 Å². The average Bonchev–Trinajstić information content (AvgIpc) is 3.27. The number of hydrogen-bond acceptors (Lipinski definition) is 3. The minimum atomic E-state index is -0.540. The molecule has 0 aromatic heterocycles. The van der Waals surface area contributed by atoms with Crippen molar-refractivity contribution < 1.29 is 14.6 Å². The number of aliphatic hydroxyl groups is 1. The van der Waals surface area contributed by atoms with Crippen molar-refractivity contribution >= 4 is 11.6 Å². The first-order chi connectivity index (χ1) is 9.08. The Balaban J connectivity index is 1.63. The highest BCUT2D eigenvalue weighted by molar-refractivity contribution is 6.31. The zero-order valence-electron chi connectivity index (χ0n) is 10.7. The van der Waals surface area contributed by atoms with Crippen LogP contribution in [0.3, 0.4) is 0 Å². The highest BCUT2D eigenvalue weighted by Crippen LogP contribution is 2.50. The fourth-order valence-electron chi connectivity index (χ4n) is 2.58. The first kappa shape index (κ1) is 11.9. The van der Waals surface area contributed by atoms with E-state index in [1.165, 1.54) is 12.8 Å². The van der Waals surface area contributed by atoms with Gasteiger partial charge in [0.1, 0.15) is 0 Å². The van der Waals surface area contributed by atoms with Crippen LogP contribution in [0, 0.1) is 5.41 Å². The Bertz CT molecular complexity index is 532. The van der Waals surface area contributed by atoms with E-state index in [1.54, 1.807) is 0 Å². The maximum atomic E-state index is 10.0. The van der Waals surface area contributed by atoms with Crippen molar-refractivity contribution in [3.05, 3.63) is 22.7 Å². The van der Waals surface area contributed by atoms with Gasteiger partial charge in [-0.15, -0.1) is 0 Å². The number of halogens is 1. The molecular formula is C15H17ClO3. The predicted molar refractivity (Wildman–Crippen MR) is 72.0 cm³/mol. The lowest BCUT2D eigenvalue weighted by Gasteiger charge is -2.13. The molecular weight excluding hydrogens is 264 g/mol. The second-order valence-electron chi connectivity index (χ2n) is 6.37. The molecule has 2 saturated carbocycles. The van der Waals surface area contributed by atoms with E-state index in [-0.39, 0.29) is 5.41 Å². The molecule has 0 bridgehead atoms. The van der Waals surface area contributed by atoms with Crippen molar-refractivity contribution in [2.75, 3.05) is 13.2 Å². The predicted octanol–water partition coefficient (Wildman–Crippen LogP) is 2.96. The molecule has 4 heteroatoms. The van der Waals surface area contributed by atoms with Gasteiger partial charge in [0.15, 0.2) is 11.5 Å². The lowest BCUT2D eigenvalue weighted by Crippen LogP contribution is -2.17. The Kier molecular flexibility index (Phi) is 2.37. The summed E-state index contributed by atoms with van der Waals surface area (Å²) in [7, 11) is 0. The molecule has 2 aliphatic carbocycles. The summed E-state index contributed by atoms with van der Waals surface area (Å²) in [5.41, 5.74) is 0.650.